The highest BCUT2D eigenvalue weighted by Gasteiger charge is 2.15. The van der Waals surface area contributed by atoms with Crippen molar-refractivity contribution < 1.29 is 9.59 Å². The smallest absolute Gasteiger partial charge is 0.226 e. The first-order chi connectivity index (χ1) is 11.2. The number of hydrogen-bond donors (Lipinski definition) is 0. The van der Waals surface area contributed by atoms with Crippen LogP contribution in [0.5, 0.6) is 0 Å². The zero-order valence-corrected chi connectivity index (χ0v) is 16.6. The van der Waals surface area contributed by atoms with Crippen LogP contribution in [0.3, 0.4) is 0 Å². The number of amides is 2. The lowest BCUT2D eigenvalue weighted by Gasteiger charge is -2.21. The Bertz CT molecular complexity index is 460. The Labute approximate surface area is 147 Å². The molecule has 0 heterocycles. The second kappa shape index (κ2) is 10.8. The van der Waals surface area contributed by atoms with Gasteiger partial charge in [-0.2, -0.15) is 0 Å². The van der Waals surface area contributed by atoms with E-state index in [0.29, 0.717) is 24.7 Å². The lowest BCUT2D eigenvalue weighted by atomic mass is 10.1. The Kier molecular flexibility index (Phi) is 10.0. The van der Waals surface area contributed by atoms with Gasteiger partial charge < -0.3 is 9.80 Å². The highest BCUT2D eigenvalue weighted by atomic mass is 16.2. The SMILES string of the molecule is CC.CC(C)CC(=O)N(C)c1ccc(N(C)C(=O)CC(C)C)cc1. The van der Waals surface area contributed by atoms with E-state index in [1.807, 2.05) is 65.8 Å². The molecule has 0 unspecified atom stereocenters. The molecule has 0 aromatic heterocycles. The van der Waals surface area contributed by atoms with E-state index in [2.05, 4.69) is 0 Å². The van der Waals surface area contributed by atoms with Crippen molar-refractivity contribution in [2.75, 3.05) is 23.9 Å². The van der Waals surface area contributed by atoms with E-state index in [-0.39, 0.29) is 11.8 Å². The van der Waals surface area contributed by atoms with Gasteiger partial charge in [0.05, 0.1) is 0 Å². The quantitative estimate of drug-likeness (QED) is 0.754. The largest absolute Gasteiger partial charge is 0.315 e. The monoisotopic (exact) mass is 334 g/mol. The first-order valence-corrected chi connectivity index (χ1v) is 8.85. The average molecular weight is 335 g/mol. The van der Waals surface area contributed by atoms with Crippen molar-refractivity contribution >= 4 is 23.2 Å². The summed E-state index contributed by atoms with van der Waals surface area (Å²) in [7, 11) is 3.57. The maximum absolute atomic E-state index is 12.1. The summed E-state index contributed by atoms with van der Waals surface area (Å²) in [5.74, 6) is 0.891. The number of anilines is 2. The van der Waals surface area contributed by atoms with Gasteiger partial charge >= 0.3 is 0 Å². The molecule has 0 aliphatic rings. The molecule has 4 nitrogen and oxygen atoms in total. The maximum Gasteiger partial charge on any atom is 0.226 e. The van der Waals surface area contributed by atoms with Crippen LogP contribution in [0.15, 0.2) is 24.3 Å². The van der Waals surface area contributed by atoms with Crippen LogP contribution in [0.4, 0.5) is 11.4 Å². The molecule has 0 atom stereocenters. The van der Waals surface area contributed by atoms with Gasteiger partial charge in [-0.1, -0.05) is 41.5 Å². The van der Waals surface area contributed by atoms with Gasteiger partial charge in [0.25, 0.3) is 0 Å². The minimum absolute atomic E-state index is 0.104. The summed E-state index contributed by atoms with van der Waals surface area (Å²) < 4.78 is 0. The fourth-order valence-electron chi connectivity index (χ4n) is 2.16. The summed E-state index contributed by atoms with van der Waals surface area (Å²) in [5, 5.41) is 0. The molecule has 1 rings (SSSR count). The van der Waals surface area contributed by atoms with Gasteiger partial charge in [-0.05, 0) is 36.1 Å². The number of nitrogens with zero attached hydrogens (tertiary/aromatic N) is 2. The van der Waals surface area contributed by atoms with Crippen LogP contribution >= 0.6 is 0 Å². The Balaban J connectivity index is 0.00000254. The topological polar surface area (TPSA) is 40.6 Å². The van der Waals surface area contributed by atoms with Crippen LogP contribution in [-0.4, -0.2) is 25.9 Å². The first-order valence-electron chi connectivity index (χ1n) is 8.85. The van der Waals surface area contributed by atoms with Gasteiger partial charge in [0.1, 0.15) is 0 Å². The van der Waals surface area contributed by atoms with Crippen molar-refractivity contribution in [2.45, 2.75) is 54.4 Å². The molecule has 2 amide bonds. The summed E-state index contributed by atoms with van der Waals surface area (Å²) in [6, 6.07) is 7.53. The molecule has 0 saturated carbocycles. The Morgan fingerprint density at radius 3 is 1.21 bits per heavy atom. The third kappa shape index (κ3) is 7.16. The van der Waals surface area contributed by atoms with E-state index in [4.69, 9.17) is 0 Å². The highest BCUT2D eigenvalue weighted by molar-refractivity contribution is 5.95. The Hall–Kier alpha value is -1.84. The van der Waals surface area contributed by atoms with Gasteiger partial charge in [0.2, 0.25) is 11.8 Å². The summed E-state index contributed by atoms with van der Waals surface area (Å²) in [6.45, 7) is 12.1. The number of carbonyl (C=O) groups is 2. The summed E-state index contributed by atoms with van der Waals surface area (Å²) in [4.78, 5) is 27.5. The molecule has 0 spiro atoms. The highest BCUT2D eigenvalue weighted by Crippen LogP contribution is 2.21. The van der Waals surface area contributed by atoms with E-state index in [1.165, 1.54) is 0 Å². The molecule has 136 valence electrons. The molecule has 4 heteroatoms. The third-order valence-corrected chi connectivity index (χ3v) is 3.54. The zero-order chi connectivity index (χ0) is 18.9. The minimum atomic E-state index is 0.104. The minimum Gasteiger partial charge on any atom is -0.315 e. The van der Waals surface area contributed by atoms with E-state index in [9.17, 15) is 9.59 Å². The van der Waals surface area contributed by atoms with Gasteiger partial charge in [-0.25, -0.2) is 0 Å². The van der Waals surface area contributed by atoms with Gasteiger partial charge in [0.15, 0.2) is 0 Å². The molecule has 1 aromatic rings. The Morgan fingerprint density at radius 2 is 1.00 bits per heavy atom. The van der Waals surface area contributed by atoms with Crippen molar-refractivity contribution in [1.29, 1.82) is 0 Å². The number of rotatable bonds is 6. The van der Waals surface area contributed by atoms with E-state index in [1.54, 1.807) is 23.9 Å². The molecular formula is C20H34N2O2. The summed E-state index contributed by atoms with van der Waals surface area (Å²) in [6.07, 6.45) is 1.07. The molecule has 0 aliphatic heterocycles. The molecular weight excluding hydrogens is 300 g/mol. The summed E-state index contributed by atoms with van der Waals surface area (Å²) >= 11 is 0. The van der Waals surface area contributed by atoms with Crippen molar-refractivity contribution in [2.24, 2.45) is 11.8 Å². The van der Waals surface area contributed by atoms with Gasteiger partial charge in [-0.3, -0.25) is 9.59 Å². The molecule has 0 radical (unpaired) electrons. The van der Waals surface area contributed by atoms with Crippen LogP contribution < -0.4 is 9.80 Å². The van der Waals surface area contributed by atoms with E-state index in [0.717, 1.165) is 11.4 Å². The normalized spacial score (nSPS) is 10.2. The molecule has 24 heavy (non-hydrogen) atoms. The van der Waals surface area contributed by atoms with E-state index < -0.39 is 0 Å². The zero-order valence-electron chi connectivity index (χ0n) is 16.6. The predicted molar refractivity (Wildman–Crippen MR) is 104 cm³/mol. The van der Waals surface area contributed by atoms with Crippen molar-refractivity contribution in [3.63, 3.8) is 0 Å². The molecule has 0 saturated heterocycles. The number of benzene rings is 1. The van der Waals surface area contributed by atoms with Crippen molar-refractivity contribution in [3.05, 3.63) is 24.3 Å². The number of carbonyl (C=O) groups excluding carboxylic acids is 2. The molecule has 0 bridgehead atoms. The van der Waals surface area contributed by atoms with Gasteiger partial charge in [-0.15, -0.1) is 0 Å². The summed E-state index contributed by atoms with van der Waals surface area (Å²) in [5.41, 5.74) is 1.69. The van der Waals surface area contributed by atoms with Crippen molar-refractivity contribution in [3.8, 4) is 0 Å². The Morgan fingerprint density at radius 1 is 0.750 bits per heavy atom. The van der Waals surface area contributed by atoms with E-state index >= 15 is 0 Å². The van der Waals surface area contributed by atoms with Crippen LogP contribution in [0.25, 0.3) is 0 Å². The number of hydrogen-bond acceptors (Lipinski definition) is 2. The fourth-order valence-corrected chi connectivity index (χ4v) is 2.16. The van der Waals surface area contributed by atoms with Crippen LogP contribution in [0, 0.1) is 11.8 Å². The predicted octanol–water partition coefficient (Wildman–Crippen LogP) is 4.73. The first kappa shape index (κ1) is 22.2. The molecule has 0 aliphatic carbocycles. The van der Waals surface area contributed by atoms with Gasteiger partial charge in [0, 0.05) is 38.3 Å². The van der Waals surface area contributed by atoms with Crippen LogP contribution in [0.1, 0.15) is 54.4 Å². The average Bonchev–Trinajstić information content (AvgIpc) is 2.54. The molecule has 0 N–H and O–H groups in total. The maximum atomic E-state index is 12.1. The van der Waals surface area contributed by atoms with Crippen LogP contribution in [0.2, 0.25) is 0 Å². The third-order valence-electron chi connectivity index (χ3n) is 3.54. The lowest BCUT2D eigenvalue weighted by molar-refractivity contribution is -0.119. The van der Waals surface area contributed by atoms with Crippen molar-refractivity contribution in [1.82, 2.24) is 0 Å². The second-order valence-corrected chi connectivity index (χ2v) is 6.62. The lowest BCUT2D eigenvalue weighted by Crippen LogP contribution is -2.28. The molecule has 0 fully saturated rings. The standard InChI is InChI=1S/C18H28N2O2.C2H6/c1-13(2)11-17(21)19(5)15-7-9-16(10-8-15)20(6)18(22)12-14(3)4;1-2/h7-10,13-14H,11-12H2,1-6H3;1-2H3. The fraction of sp³-hybridized carbons (Fsp3) is 0.600. The molecule has 1 aromatic carbocycles. The second-order valence-electron chi connectivity index (χ2n) is 6.62. The van der Waals surface area contributed by atoms with Crippen LogP contribution in [-0.2, 0) is 9.59 Å².